The van der Waals surface area contributed by atoms with E-state index in [9.17, 15) is 9.59 Å². The van der Waals surface area contributed by atoms with Crippen LogP contribution in [0.15, 0.2) is 15.3 Å². The van der Waals surface area contributed by atoms with Gasteiger partial charge in [0.1, 0.15) is 11.3 Å². The molecule has 170 valence electrons. The average molecular weight is 469 g/mol. The van der Waals surface area contributed by atoms with Gasteiger partial charge in [-0.15, -0.1) is 24.8 Å². The van der Waals surface area contributed by atoms with Crippen molar-refractivity contribution in [1.82, 2.24) is 20.4 Å². The smallest absolute Gasteiger partial charge is 0.349 e. The lowest BCUT2D eigenvalue weighted by Crippen LogP contribution is -2.37. The molecule has 0 radical (unpaired) electrons. The Hall–Kier alpha value is -1.83. The van der Waals surface area contributed by atoms with Gasteiger partial charge in [-0.25, -0.2) is 4.79 Å². The second-order valence-corrected chi connectivity index (χ2v) is 8.67. The Bertz CT molecular complexity index is 993. The van der Waals surface area contributed by atoms with Crippen molar-refractivity contribution in [3.8, 4) is 0 Å². The van der Waals surface area contributed by atoms with Gasteiger partial charge in [0, 0.05) is 43.6 Å². The molecular weight excluding hydrogens is 439 g/mol. The first-order valence-corrected chi connectivity index (χ1v) is 10.8. The van der Waals surface area contributed by atoms with E-state index >= 15 is 0 Å². The predicted octanol–water partition coefficient (Wildman–Crippen LogP) is 3.10. The molecule has 1 atom stereocenters. The summed E-state index contributed by atoms with van der Waals surface area (Å²) in [6, 6.07) is 1.89. The molecule has 1 aliphatic carbocycles. The van der Waals surface area contributed by atoms with Gasteiger partial charge in [-0.1, -0.05) is 0 Å². The van der Waals surface area contributed by atoms with Crippen LogP contribution >= 0.6 is 24.8 Å². The summed E-state index contributed by atoms with van der Waals surface area (Å²) in [6.07, 6.45) is 6.03. The summed E-state index contributed by atoms with van der Waals surface area (Å²) < 4.78 is 5.62. The maximum atomic E-state index is 13.2. The lowest BCUT2D eigenvalue weighted by atomic mass is 9.95. The first kappa shape index (κ1) is 23.8. The highest BCUT2D eigenvalue weighted by molar-refractivity contribution is 5.95. The van der Waals surface area contributed by atoms with Gasteiger partial charge >= 0.3 is 5.63 Å². The number of nitrogens with zero attached hydrogens (tertiary/aromatic N) is 2. The van der Waals surface area contributed by atoms with Crippen molar-refractivity contribution in [3.05, 3.63) is 50.3 Å². The molecule has 2 aromatic rings. The highest BCUT2D eigenvalue weighted by Crippen LogP contribution is 2.41. The van der Waals surface area contributed by atoms with Gasteiger partial charge in [-0.2, -0.15) is 5.10 Å². The molecule has 31 heavy (non-hydrogen) atoms. The predicted molar refractivity (Wildman–Crippen MR) is 123 cm³/mol. The third-order valence-corrected chi connectivity index (χ3v) is 6.58. The van der Waals surface area contributed by atoms with Gasteiger partial charge in [0.05, 0.1) is 5.69 Å². The molecule has 2 fully saturated rings. The summed E-state index contributed by atoms with van der Waals surface area (Å²) in [6.45, 7) is 4.87. The maximum Gasteiger partial charge on any atom is 0.349 e. The standard InChI is InChI=1S/C22H28N4O3.2ClH/c1-13-11-18(15-3-2-8-23-12-15)29-22(28)19(13)21(27)26-9-6-16-17(7-10-26)24-25-20(16)14-4-5-14;;/h11,14-15,23H,2-10,12H2,1H3,(H,24,25);2*1H. The summed E-state index contributed by atoms with van der Waals surface area (Å²) >= 11 is 0. The Morgan fingerprint density at radius 3 is 2.61 bits per heavy atom. The second kappa shape index (κ2) is 9.76. The number of aryl methyl sites for hydroxylation is 1. The van der Waals surface area contributed by atoms with E-state index in [0.717, 1.165) is 50.0 Å². The summed E-state index contributed by atoms with van der Waals surface area (Å²) in [5, 5.41) is 11.0. The van der Waals surface area contributed by atoms with Crippen molar-refractivity contribution >= 4 is 30.7 Å². The van der Waals surface area contributed by atoms with Gasteiger partial charge in [-0.3, -0.25) is 9.89 Å². The van der Waals surface area contributed by atoms with Crippen LogP contribution in [-0.2, 0) is 12.8 Å². The van der Waals surface area contributed by atoms with E-state index in [2.05, 4.69) is 15.5 Å². The summed E-state index contributed by atoms with van der Waals surface area (Å²) in [7, 11) is 0. The van der Waals surface area contributed by atoms with E-state index in [4.69, 9.17) is 4.42 Å². The molecule has 1 saturated heterocycles. The summed E-state index contributed by atoms with van der Waals surface area (Å²) in [5.74, 6) is 1.28. The van der Waals surface area contributed by atoms with Gasteiger partial charge in [-0.05, 0) is 62.8 Å². The number of amides is 1. The fraction of sp³-hybridized carbons (Fsp3) is 0.591. The molecular formula is C22H30Cl2N4O3. The second-order valence-electron chi connectivity index (χ2n) is 8.67. The highest BCUT2D eigenvalue weighted by Gasteiger charge is 2.32. The summed E-state index contributed by atoms with van der Waals surface area (Å²) in [4.78, 5) is 27.8. The number of hydrogen-bond donors (Lipinski definition) is 2. The van der Waals surface area contributed by atoms with Crippen LogP contribution in [-0.4, -0.2) is 47.2 Å². The molecule has 0 bridgehead atoms. The average Bonchev–Trinajstić information content (AvgIpc) is 3.52. The van der Waals surface area contributed by atoms with Crippen LogP contribution in [0.3, 0.4) is 0 Å². The lowest BCUT2D eigenvalue weighted by Gasteiger charge is -2.23. The molecule has 5 rings (SSSR count). The SMILES string of the molecule is Cc1cc(C2CCCNC2)oc(=O)c1C(=O)N1CCc2[nH]nc(C3CC3)c2CC1.Cl.Cl. The molecule has 2 N–H and O–H groups in total. The largest absolute Gasteiger partial charge is 0.427 e. The van der Waals surface area contributed by atoms with E-state index in [1.807, 2.05) is 13.0 Å². The molecule has 1 amide bonds. The van der Waals surface area contributed by atoms with Gasteiger partial charge in [0.15, 0.2) is 0 Å². The monoisotopic (exact) mass is 468 g/mol. The van der Waals surface area contributed by atoms with Crippen LogP contribution < -0.4 is 10.9 Å². The molecule has 1 saturated carbocycles. The number of aromatic nitrogens is 2. The van der Waals surface area contributed by atoms with Gasteiger partial charge in [0.2, 0.25) is 0 Å². The van der Waals surface area contributed by atoms with Crippen molar-refractivity contribution in [2.75, 3.05) is 26.2 Å². The highest BCUT2D eigenvalue weighted by atomic mass is 35.5. The Labute approximate surface area is 194 Å². The Kier molecular flexibility index (Phi) is 7.50. The maximum absolute atomic E-state index is 13.2. The molecule has 0 spiro atoms. The van der Waals surface area contributed by atoms with Crippen LogP contribution in [0, 0.1) is 6.92 Å². The van der Waals surface area contributed by atoms with E-state index in [0.29, 0.717) is 24.8 Å². The zero-order valence-corrected chi connectivity index (χ0v) is 19.4. The number of H-pyrrole nitrogens is 1. The fourth-order valence-corrected chi connectivity index (χ4v) is 4.75. The van der Waals surface area contributed by atoms with E-state index in [1.165, 1.54) is 24.1 Å². The third-order valence-electron chi connectivity index (χ3n) is 6.58. The molecule has 1 unspecified atom stereocenters. The first-order valence-electron chi connectivity index (χ1n) is 10.8. The van der Waals surface area contributed by atoms with Crippen LogP contribution in [0.1, 0.15) is 76.2 Å². The molecule has 0 aromatic carbocycles. The first-order chi connectivity index (χ1) is 14.1. The number of piperidine rings is 1. The molecule has 2 aromatic heterocycles. The summed E-state index contributed by atoms with van der Waals surface area (Å²) in [5.41, 5.74) is 4.02. The van der Waals surface area contributed by atoms with Crippen LogP contribution in [0.25, 0.3) is 0 Å². The topological polar surface area (TPSA) is 91.2 Å². The molecule has 9 heteroatoms. The van der Waals surface area contributed by atoms with E-state index < -0.39 is 5.63 Å². The van der Waals surface area contributed by atoms with Crippen molar-refractivity contribution in [3.63, 3.8) is 0 Å². The number of hydrogen-bond acceptors (Lipinski definition) is 5. The number of nitrogens with one attached hydrogen (secondary N) is 2. The molecule has 2 aliphatic heterocycles. The van der Waals surface area contributed by atoms with Crippen molar-refractivity contribution in [2.45, 2.75) is 57.3 Å². The third kappa shape index (κ3) is 4.69. The molecule has 7 nitrogen and oxygen atoms in total. The van der Waals surface area contributed by atoms with Crippen molar-refractivity contribution < 1.29 is 9.21 Å². The quantitative estimate of drug-likeness (QED) is 0.721. The number of halogens is 2. The number of carbonyl (C=O) groups is 1. The van der Waals surface area contributed by atoms with Gasteiger partial charge in [0.25, 0.3) is 5.91 Å². The zero-order chi connectivity index (χ0) is 20.0. The van der Waals surface area contributed by atoms with Gasteiger partial charge < -0.3 is 14.6 Å². The minimum Gasteiger partial charge on any atom is -0.427 e. The minimum atomic E-state index is -0.501. The number of aromatic amines is 1. The lowest BCUT2D eigenvalue weighted by molar-refractivity contribution is 0.0756. The van der Waals surface area contributed by atoms with E-state index in [1.54, 1.807) is 4.90 Å². The number of fused-ring (bicyclic) bond motifs is 1. The van der Waals surface area contributed by atoms with Crippen LogP contribution in [0.5, 0.6) is 0 Å². The van der Waals surface area contributed by atoms with E-state index in [-0.39, 0.29) is 42.2 Å². The Morgan fingerprint density at radius 2 is 1.94 bits per heavy atom. The number of carbonyl (C=O) groups excluding carboxylic acids is 1. The Balaban J connectivity index is 0.00000136. The van der Waals surface area contributed by atoms with Crippen molar-refractivity contribution in [1.29, 1.82) is 0 Å². The van der Waals surface area contributed by atoms with Crippen LogP contribution in [0.4, 0.5) is 0 Å². The Morgan fingerprint density at radius 1 is 1.16 bits per heavy atom. The zero-order valence-electron chi connectivity index (χ0n) is 17.7. The van der Waals surface area contributed by atoms with Crippen molar-refractivity contribution in [2.24, 2.45) is 0 Å². The fourth-order valence-electron chi connectivity index (χ4n) is 4.75. The minimum absolute atomic E-state index is 0. The number of rotatable bonds is 3. The van der Waals surface area contributed by atoms with Crippen LogP contribution in [0.2, 0.25) is 0 Å². The molecule has 3 aliphatic rings. The normalized spacial score (nSPS) is 20.8. The molecule has 4 heterocycles.